The summed E-state index contributed by atoms with van der Waals surface area (Å²) < 4.78 is 0. The number of nitrogens with one attached hydrogen (secondary N) is 1. The molecule has 0 aromatic heterocycles. The van der Waals surface area contributed by atoms with Crippen molar-refractivity contribution in [3.05, 3.63) is 34.9 Å². The average molecular weight is 261 g/mol. The minimum absolute atomic E-state index is 0.666. The summed E-state index contributed by atoms with van der Waals surface area (Å²) >= 11 is 0. The Morgan fingerprint density at radius 2 is 1.74 bits per heavy atom. The Balaban J connectivity index is 2.59. The summed E-state index contributed by atoms with van der Waals surface area (Å²) in [5.74, 6) is 0.771. The van der Waals surface area contributed by atoms with Gasteiger partial charge in [-0.3, -0.25) is 0 Å². The van der Waals surface area contributed by atoms with E-state index < -0.39 is 0 Å². The van der Waals surface area contributed by atoms with Gasteiger partial charge in [0.25, 0.3) is 0 Å². The molecule has 1 aromatic rings. The Kier molecular flexibility index (Phi) is 7.15. The SMILES string of the molecule is CCCNC(CCc1c(C)cccc1C)CC(C)C. The molecular weight excluding hydrogens is 230 g/mol. The Labute approximate surface area is 119 Å². The molecular formula is C18H31N. The summed E-state index contributed by atoms with van der Waals surface area (Å²) in [5.41, 5.74) is 4.44. The van der Waals surface area contributed by atoms with E-state index in [1.165, 1.54) is 36.8 Å². The van der Waals surface area contributed by atoms with Crippen LogP contribution >= 0.6 is 0 Å². The van der Waals surface area contributed by atoms with Crippen LogP contribution in [0, 0.1) is 19.8 Å². The maximum absolute atomic E-state index is 3.71. The molecule has 0 fully saturated rings. The van der Waals surface area contributed by atoms with Crippen LogP contribution in [0.15, 0.2) is 18.2 Å². The van der Waals surface area contributed by atoms with Crippen LogP contribution in [-0.2, 0) is 6.42 Å². The minimum atomic E-state index is 0.666. The number of rotatable bonds is 8. The van der Waals surface area contributed by atoms with Gasteiger partial charge in [0, 0.05) is 6.04 Å². The lowest BCUT2D eigenvalue weighted by atomic mass is 9.93. The molecule has 0 aliphatic rings. The van der Waals surface area contributed by atoms with E-state index in [0.717, 1.165) is 12.5 Å². The van der Waals surface area contributed by atoms with Crippen molar-refractivity contribution in [1.29, 1.82) is 0 Å². The first-order chi connectivity index (χ1) is 9.04. The maximum atomic E-state index is 3.71. The summed E-state index contributed by atoms with van der Waals surface area (Å²) in [6.45, 7) is 12.5. The van der Waals surface area contributed by atoms with Crippen LogP contribution in [-0.4, -0.2) is 12.6 Å². The van der Waals surface area contributed by atoms with Crippen LogP contribution in [0.4, 0.5) is 0 Å². The quantitative estimate of drug-likeness (QED) is 0.718. The van der Waals surface area contributed by atoms with Crippen molar-refractivity contribution in [3.63, 3.8) is 0 Å². The number of benzene rings is 1. The smallest absolute Gasteiger partial charge is 0.00726 e. The Morgan fingerprint density at radius 1 is 1.11 bits per heavy atom. The molecule has 1 atom stereocenters. The van der Waals surface area contributed by atoms with Crippen LogP contribution in [0.3, 0.4) is 0 Å². The fraction of sp³-hybridized carbons (Fsp3) is 0.667. The first kappa shape index (κ1) is 16.2. The van der Waals surface area contributed by atoms with Crippen molar-refractivity contribution in [2.24, 2.45) is 5.92 Å². The number of hydrogen-bond acceptors (Lipinski definition) is 1. The van der Waals surface area contributed by atoms with Gasteiger partial charge >= 0.3 is 0 Å². The molecule has 1 nitrogen and oxygen atoms in total. The number of aryl methyl sites for hydroxylation is 2. The number of hydrogen-bond donors (Lipinski definition) is 1. The topological polar surface area (TPSA) is 12.0 Å². The highest BCUT2D eigenvalue weighted by molar-refractivity contribution is 5.33. The van der Waals surface area contributed by atoms with E-state index in [2.05, 4.69) is 58.1 Å². The zero-order chi connectivity index (χ0) is 14.3. The van der Waals surface area contributed by atoms with Gasteiger partial charge in [-0.05, 0) is 68.7 Å². The lowest BCUT2D eigenvalue weighted by Crippen LogP contribution is -2.31. The fourth-order valence-corrected chi connectivity index (χ4v) is 2.78. The van der Waals surface area contributed by atoms with Gasteiger partial charge in [0.05, 0.1) is 0 Å². The van der Waals surface area contributed by atoms with E-state index in [4.69, 9.17) is 0 Å². The Morgan fingerprint density at radius 3 is 2.26 bits per heavy atom. The lowest BCUT2D eigenvalue weighted by Gasteiger charge is -2.21. The molecule has 0 bridgehead atoms. The van der Waals surface area contributed by atoms with Crippen LogP contribution in [0.25, 0.3) is 0 Å². The van der Waals surface area contributed by atoms with Crippen molar-refractivity contribution in [3.8, 4) is 0 Å². The highest BCUT2D eigenvalue weighted by atomic mass is 14.9. The summed E-state index contributed by atoms with van der Waals surface area (Å²) in [6, 6.07) is 7.30. The van der Waals surface area contributed by atoms with E-state index in [0.29, 0.717) is 6.04 Å². The van der Waals surface area contributed by atoms with Crippen molar-refractivity contribution in [2.75, 3.05) is 6.54 Å². The van der Waals surface area contributed by atoms with Gasteiger partial charge in [0.15, 0.2) is 0 Å². The van der Waals surface area contributed by atoms with Crippen LogP contribution < -0.4 is 5.32 Å². The Bertz CT molecular complexity index is 348. The highest BCUT2D eigenvalue weighted by Gasteiger charge is 2.11. The normalized spacial score (nSPS) is 12.9. The third-order valence-electron chi connectivity index (χ3n) is 3.83. The van der Waals surface area contributed by atoms with Gasteiger partial charge < -0.3 is 5.32 Å². The largest absolute Gasteiger partial charge is 0.314 e. The van der Waals surface area contributed by atoms with Crippen molar-refractivity contribution < 1.29 is 0 Å². The van der Waals surface area contributed by atoms with Crippen LogP contribution in [0.5, 0.6) is 0 Å². The summed E-state index contributed by atoms with van der Waals surface area (Å²) in [6.07, 6.45) is 4.96. The standard InChI is InChI=1S/C18H31N/c1-6-12-19-17(13-14(2)3)10-11-18-15(4)8-7-9-16(18)5/h7-9,14,17,19H,6,10-13H2,1-5H3. The highest BCUT2D eigenvalue weighted by Crippen LogP contribution is 2.18. The molecule has 1 aromatic carbocycles. The van der Waals surface area contributed by atoms with E-state index in [1.807, 2.05) is 0 Å². The third-order valence-corrected chi connectivity index (χ3v) is 3.83. The second-order valence-corrected chi connectivity index (χ2v) is 6.19. The average Bonchev–Trinajstić information content (AvgIpc) is 2.34. The minimum Gasteiger partial charge on any atom is -0.314 e. The van der Waals surface area contributed by atoms with Gasteiger partial charge in [-0.25, -0.2) is 0 Å². The molecule has 0 radical (unpaired) electrons. The van der Waals surface area contributed by atoms with E-state index in [-0.39, 0.29) is 0 Å². The second-order valence-electron chi connectivity index (χ2n) is 6.19. The molecule has 0 heterocycles. The second kappa shape index (κ2) is 8.37. The monoisotopic (exact) mass is 261 g/mol. The predicted octanol–water partition coefficient (Wildman–Crippen LogP) is 4.65. The molecule has 108 valence electrons. The lowest BCUT2D eigenvalue weighted by molar-refractivity contribution is 0.398. The molecule has 0 amide bonds. The molecule has 1 unspecified atom stereocenters. The molecule has 1 N–H and O–H groups in total. The molecule has 1 heteroatoms. The van der Waals surface area contributed by atoms with Crippen molar-refractivity contribution in [2.45, 2.75) is 66.3 Å². The molecule has 0 saturated carbocycles. The van der Waals surface area contributed by atoms with Gasteiger partial charge in [0.1, 0.15) is 0 Å². The summed E-state index contributed by atoms with van der Waals surface area (Å²) in [4.78, 5) is 0. The van der Waals surface area contributed by atoms with E-state index in [1.54, 1.807) is 5.56 Å². The molecule has 19 heavy (non-hydrogen) atoms. The summed E-state index contributed by atoms with van der Waals surface area (Å²) in [7, 11) is 0. The van der Waals surface area contributed by atoms with Gasteiger partial charge in [0.2, 0.25) is 0 Å². The maximum Gasteiger partial charge on any atom is 0.00726 e. The zero-order valence-electron chi connectivity index (χ0n) is 13.4. The first-order valence-electron chi connectivity index (χ1n) is 7.83. The third kappa shape index (κ3) is 5.78. The molecule has 0 saturated heterocycles. The van der Waals surface area contributed by atoms with E-state index >= 15 is 0 Å². The van der Waals surface area contributed by atoms with Crippen LogP contribution in [0.2, 0.25) is 0 Å². The summed E-state index contributed by atoms with van der Waals surface area (Å²) in [5, 5.41) is 3.71. The van der Waals surface area contributed by atoms with Gasteiger partial charge in [-0.2, -0.15) is 0 Å². The molecule has 0 spiro atoms. The van der Waals surface area contributed by atoms with Gasteiger partial charge in [-0.15, -0.1) is 0 Å². The van der Waals surface area contributed by atoms with Crippen LogP contribution in [0.1, 0.15) is 56.7 Å². The predicted molar refractivity (Wildman–Crippen MR) is 85.8 cm³/mol. The molecule has 1 rings (SSSR count). The Hall–Kier alpha value is -0.820. The van der Waals surface area contributed by atoms with Crippen molar-refractivity contribution in [1.82, 2.24) is 5.32 Å². The molecule has 0 aliphatic heterocycles. The first-order valence-corrected chi connectivity index (χ1v) is 7.83. The van der Waals surface area contributed by atoms with Gasteiger partial charge in [-0.1, -0.05) is 39.0 Å². The van der Waals surface area contributed by atoms with E-state index in [9.17, 15) is 0 Å². The molecule has 0 aliphatic carbocycles. The zero-order valence-corrected chi connectivity index (χ0v) is 13.4. The fourth-order valence-electron chi connectivity index (χ4n) is 2.78. The van der Waals surface area contributed by atoms with Crippen molar-refractivity contribution >= 4 is 0 Å².